The molecule has 10 heteroatoms. The Bertz CT molecular complexity index is 1140. The molecule has 0 fully saturated rings. The fourth-order valence-corrected chi connectivity index (χ4v) is 4.68. The summed E-state index contributed by atoms with van der Waals surface area (Å²) in [5.41, 5.74) is 1.30. The van der Waals surface area contributed by atoms with Crippen LogP contribution in [0.3, 0.4) is 0 Å². The zero-order chi connectivity index (χ0) is 21.0. The molecular weight excluding hydrogens is 434 g/mol. The van der Waals surface area contributed by atoms with E-state index in [0.717, 1.165) is 11.3 Å². The molecule has 29 heavy (non-hydrogen) atoms. The molecule has 0 spiro atoms. The first-order valence-corrected chi connectivity index (χ1v) is 11.0. The lowest BCUT2D eigenvalue weighted by Crippen LogP contribution is -2.19. The average Bonchev–Trinajstić information content (AvgIpc) is 3.25. The largest absolute Gasteiger partial charge is 0.355 e. The van der Waals surface area contributed by atoms with Crippen LogP contribution in [0.15, 0.2) is 64.2 Å². The number of hydrogen-bond acceptors (Lipinski definition) is 5. The van der Waals surface area contributed by atoms with E-state index < -0.39 is 15.9 Å². The number of benzene rings is 2. The average molecular weight is 450 g/mol. The lowest BCUT2D eigenvalue weighted by molar-refractivity contribution is 0.0961. The Kier molecular flexibility index (Phi) is 6.21. The molecule has 0 radical (unpaired) electrons. The van der Waals surface area contributed by atoms with E-state index in [-0.39, 0.29) is 20.7 Å². The summed E-state index contributed by atoms with van der Waals surface area (Å²) < 4.78 is 27.1. The Morgan fingerprint density at radius 3 is 2.28 bits per heavy atom. The Hall–Kier alpha value is -2.88. The van der Waals surface area contributed by atoms with Gasteiger partial charge in [-0.2, -0.15) is 0 Å². The standard InChI is InChI=1S/C19H16ClN3O4S2/c1-21-19(25)15-11-14(8-9-16(15)20)22-18(24)12-4-6-13(7-5-12)23-29(26,27)17-3-2-10-28-17/h2-11,23H,1H3,(H,21,25)(H,22,24). The Labute approximate surface area is 176 Å². The minimum absolute atomic E-state index is 0.203. The highest BCUT2D eigenvalue weighted by atomic mass is 35.5. The molecule has 2 aromatic carbocycles. The number of thiophene rings is 1. The summed E-state index contributed by atoms with van der Waals surface area (Å²) in [6, 6.07) is 13.7. The van der Waals surface area contributed by atoms with E-state index in [2.05, 4.69) is 15.4 Å². The van der Waals surface area contributed by atoms with Gasteiger partial charge in [0, 0.05) is 24.0 Å². The van der Waals surface area contributed by atoms with Crippen molar-refractivity contribution in [1.82, 2.24) is 5.32 Å². The number of halogens is 1. The molecule has 150 valence electrons. The first-order valence-electron chi connectivity index (χ1n) is 8.29. The van der Waals surface area contributed by atoms with Crippen LogP contribution in [0, 0.1) is 0 Å². The van der Waals surface area contributed by atoms with Gasteiger partial charge >= 0.3 is 0 Å². The molecule has 0 aliphatic carbocycles. The van der Waals surface area contributed by atoms with Crippen LogP contribution in [0.25, 0.3) is 0 Å². The van der Waals surface area contributed by atoms with Gasteiger partial charge in [-0.05, 0) is 53.9 Å². The molecule has 1 heterocycles. The van der Waals surface area contributed by atoms with Crippen LogP contribution in [0.5, 0.6) is 0 Å². The highest BCUT2D eigenvalue weighted by Gasteiger charge is 2.16. The minimum Gasteiger partial charge on any atom is -0.355 e. The van der Waals surface area contributed by atoms with Crippen molar-refractivity contribution < 1.29 is 18.0 Å². The number of carbonyl (C=O) groups excluding carboxylic acids is 2. The van der Waals surface area contributed by atoms with Gasteiger partial charge in [0.15, 0.2) is 0 Å². The minimum atomic E-state index is -3.65. The second-order valence-electron chi connectivity index (χ2n) is 5.84. The van der Waals surface area contributed by atoms with Crippen molar-refractivity contribution >= 4 is 56.2 Å². The molecule has 2 amide bonds. The third-order valence-corrected chi connectivity index (χ3v) is 6.96. The van der Waals surface area contributed by atoms with Crippen LogP contribution in [-0.2, 0) is 10.0 Å². The number of hydrogen-bond donors (Lipinski definition) is 3. The second kappa shape index (κ2) is 8.64. The van der Waals surface area contributed by atoms with Crippen LogP contribution in [0.1, 0.15) is 20.7 Å². The van der Waals surface area contributed by atoms with Gasteiger partial charge in [-0.15, -0.1) is 11.3 Å². The van der Waals surface area contributed by atoms with Gasteiger partial charge in [0.2, 0.25) is 0 Å². The second-order valence-corrected chi connectivity index (χ2v) is 9.11. The van der Waals surface area contributed by atoms with Crippen LogP contribution in [-0.4, -0.2) is 27.3 Å². The van der Waals surface area contributed by atoms with Crippen molar-refractivity contribution in [3.05, 3.63) is 76.1 Å². The van der Waals surface area contributed by atoms with Gasteiger partial charge in [0.05, 0.1) is 10.6 Å². The Morgan fingerprint density at radius 1 is 0.966 bits per heavy atom. The normalized spacial score (nSPS) is 11.0. The van der Waals surface area contributed by atoms with E-state index in [9.17, 15) is 18.0 Å². The topological polar surface area (TPSA) is 104 Å². The molecule has 0 saturated carbocycles. The predicted octanol–water partition coefficient (Wildman–Crippen LogP) is 3.81. The van der Waals surface area contributed by atoms with E-state index in [1.54, 1.807) is 17.5 Å². The number of anilines is 2. The highest BCUT2D eigenvalue weighted by molar-refractivity contribution is 7.94. The zero-order valence-corrected chi connectivity index (χ0v) is 17.5. The number of carbonyl (C=O) groups is 2. The third kappa shape index (κ3) is 4.94. The van der Waals surface area contributed by atoms with Crippen LogP contribution in [0.4, 0.5) is 11.4 Å². The van der Waals surface area contributed by atoms with Crippen molar-refractivity contribution in [2.45, 2.75) is 4.21 Å². The van der Waals surface area contributed by atoms with E-state index >= 15 is 0 Å². The quantitative estimate of drug-likeness (QED) is 0.532. The fourth-order valence-electron chi connectivity index (χ4n) is 2.43. The molecule has 0 aliphatic rings. The summed E-state index contributed by atoms with van der Waals surface area (Å²) in [6.07, 6.45) is 0. The van der Waals surface area contributed by atoms with Crippen LogP contribution < -0.4 is 15.4 Å². The van der Waals surface area contributed by atoms with E-state index in [1.807, 2.05) is 0 Å². The van der Waals surface area contributed by atoms with Gasteiger partial charge in [-0.25, -0.2) is 8.42 Å². The van der Waals surface area contributed by atoms with Crippen molar-refractivity contribution in [3.8, 4) is 0 Å². The van der Waals surface area contributed by atoms with Crippen molar-refractivity contribution in [1.29, 1.82) is 0 Å². The number of rotatable bonds is 6. The smallest absolute Gasteiger partial charge is 0.271 e. The summed E-state index contributed by atoms with van der Waals surface area (Å²) in [5, 5.41) is 7.10. The van der Waals surface area contributed by atoms with Crippen LogP contribution >= 0.6 is 22.9 Å². The molecule has 0 aliphatic heterocycles. The van der Waals surface area contributed by atoms with Crippen molar-refractivity contribution in [2.24, 2.45) is 0 Å². The summed E-state index contributed by atoms with van der Waals surface area (Å²) >= 11 is 7.11. The van der Waals surface area contributed by atoms with Crippen LogP contribution in [0.2, 0.25) is 5.02 Å². The first kappa shape index (κ1) is 20.8. The van der Waals surface area contributed by atoms with Gasteiger partial charge in [0.25, 0.3) is 21.8 Å². The summed E-state index contributed by atoms with van der Waals surface area (Å²) in [5.74, 6) is -0.781. The molecule has 7 nitrogen and oxygen atoms in total. The number of sulfonamides is 1. The summed E-state index contributed by atoms with van der Waals surface area (Å²) in [7, 11) is -2.17. The molecule has 3 rings (SSSR count). The number of amides is 2. The maximum absolute atomic E-state index is 12.5. The molecular formula is C19H16ClN3O4S2. The maximum Gasteiger partial charge on any atom is 0.271 e. The van der Waals surface area contributed by atoms with Crippen molar-refractivity contribution in [2.75, 3.05) is 17.1 Å². The molecule has 1 aromatic heterocycles. The van der Waals surface area contributed by atoms with Gasteiger partial charge in [-0.3, -0.25) is 14.3 Å². The Balaban J connectivity index is 1.72. The SMILES string of the molecule is CNC(=O)c1cc(NC(=O)c2ccc(NS(=O)(=O)c3cccs3)cc2)ccc1Cl. The monoisotopic (exact) mass is 449 g/mol. The van der Waals surface area contributed by atoms with Crippen molar-refractivity contribution in [3.63, 3.8) is 0 Å². The molecule has 0 saturated heterocycles. The highest BCUT2D eigenvalue weighted by Crippen LogP contribution is 2.22. The third-order valence-electron chi connectivity index (χ3n) is 3.86. The first-order chi connectivity index (χ1) is 13.8. The van der Waals surface area contributed by atoms with E-state index in [0.29, 0.717) is 16.9 Å². The molecule has 0 bridgehead atoms. The maximum atomic E-state index is 12.5. The lowest BCUT2D eigenvalue weighted by atomic mass is 10.1. The molecule has 0 atom stereocenters. The summed E-state index contributed by atoms with van der Waals surface area (Å²) in [4.78, 5) is 24.3. The lowest BCUT2D eigenvalue weighted by Gasteiger charge is -2.10. The molecule has 3 aromatic rings. The predicted molar refractivity (Wildman–Crippen MR) is 114 cm³/mol. The number of nitrogens with one attached hydrogen (secondary N) is 3. The zero-order valence-electron chi connectivity index (χ0n) is 15.1. The fraction of sp³-hybridized carbons (Fsp3) is 0.0526. The van der Waals surface area contributed by atoms with Gasteiger partial charge in [0.1, 0.15) is 4.21 Å². The molecule has 0 unspecified atom stereocenters. The summed E-state index contributed by atoms with van der Waals surface area (Å²) in [6.45, 7) is 0. The Morgan fingerprint density at radius 2 is 1.66 bits per heavy atom. The van der Waals surface area contributed by atoms with E-state index in [1.165, 1.54) is 49.5 Å². The van der Waals surface area contributed by atoms with E-state index in [4.69, 9.17) is 11.6 Å². The van der Waals surface area contributed by atoms with Gasteiger partial charge < -0.3 is 10.6 Å². The van der Waals surface area contributed by atoms with Gasteiger partial charge in [-0.1, -0.05) is 17.7 Å². The molecule has 3 N–H and O–H groups in total.